The molecule has 0 bridgehead atoms. The highest BCUT2D eigenvalue weighted by atomic mass is 32.2. The molecule has 4 aromatic rings. The lowest BCUT2D eigenvalue weighted by Crippen LogP contribution is -2.06. The maximum absolute atomic E-state index is 13.0. The van der Waals surface area contributed by atoms with Gasteiger partial charge in [-0.05, 0) is 56.7 Å². The third-order valence-corrected chi connectivity index (χ3v) is 6.10. The summed E-state index contributed by atoms with van der Waals surface area (Å²) in [7, 11) is 1.90. The van der Waals surface area contributed by atoms with Crippen LogP contribution in [0.15, 0.2) is 60.0 Å². The standard InChI is InChI=1S/C23H23N5OS/c1-15-7-5-9-19(11-15)28-16(2)12-20(17(28)3)21(29)14-30-23-26-25-22(27(23)4)18-8-6-10-24-13-18/h5-13H,14H2,1-4H3. The van der Waals surface area contributed by atoms with E-state index in [9.17, 15) is 4.79 Å². The minimum absolute atomic E-state index is 0.0814. The fourth-order valence-electron chi connectivity index (χ4n) is 3.60. The van der Waals surface area contributed by atoms with E-state index < -0.39 is 0 Å². The molecule has 0 atom stereocenters. The number of carbonyl (C=O) groups excluding carboxylic acids is 1. The maximum Gasteiger partial charge on any atom is 0.191 e. The number of ketones is 1. The van der Waals surface area contributed by atoms with Crippen LogP contribution in [0.5, 0.6) is 0 Å². The lowest BCUT2D eigenvalue weighted by Gasteiger charge is -2.10. The Morgan fingerprint density at radius 2 is 1.90 bits per heavy atom. The van der Waals surface area contributed by atoms with Gasteiger partial charge < -0.3 is 9.13 Å². The van der Waals surface area contributed by atoms with Crippen LogP contribution < -0.4 is 0 Å². The molecule has 4 rings (SSSR count). The number of aromatic nitrogens is 5. The monoisotopic (exact) mass is 417 g/mol. The summed E-state index contributed by atoms with van der Waals surface area (Å²) in [6, 6.07) is 14.1. The van der Waals surface area contributed by atoms with Gasteiger partial charge in [-0.15, -0.1) is 10.2 Å². The predicted octanol–water partition coefficient (Wildman–Crippen LogP) is 4.57. The highest BCUT2D eigenvalue weighted by Gasteiger charge is 2.19. The second kappa shape index (κ2) is 8.28. The molecule has 3 heterocycles. The van der Waals surface area contributed by atoms with Crippen LogP contribution in [0.1, 0.15) is 27.3 Å². The SMILES string of the molecule is Cc1cccc(-n2c(C)cc(C(=O)CSc3nnc(-c4cccnc4)n3C)c2C)c1. The van der Waals surface area contributed by atoms with Crippen molar-refractivity contribution in [2.45, 2.75) is 25.9 Å². The molecule has 0 fully saturated rings. The highest BCUT2D eigenvalue weighted by molar-refractivity contribution is 7.99. The van der Waals surface area contributed by atoms with E-state index in [1.165, 1.54) is 17.3 Å². The molecule has 152 valence electrons. The topological polar surface area (TPSA) is 65.6 Å². The molecule has 1 aromatic carbocycles. The van der Waals surface area contributed by atoms with E-state index in [1.54, 1.807) is 12.4 Å². The maximum atomic E-state index is 13.0. The molecule has 0 spiro atoms. The average molecular weight is 418 g/mol. The van der Waals surface area contributed by atoms with E-state index in [0.717, 1.165) is 34.0 Å². The molecule has 0 N–H and O–H groups in total. The summed E-state index contributed by atoms with van der Waals surface area (Å²) >= 11 is 1.40. The van der Waals surface area contributed by atoms with Crippen molar-refractivity contribution < 1.29 is 4.79 Å². The molecule has 7 heteroatoms. The van der Waals surface area contributed by atoms with E-state index in [-0.39, 0.29) is 5.78 Å². The molecule has 0 aliphatic carbocycles. The van der Waals surface area contributed by atoms with Crippen LogP contribution in [-0.2, 0) is 7.05 Å². The number of carbonyl (C=O) groups is 1. The van der Waals surface area contributed by atoms with Gasteiger partial charge in [0.25, 0.3) is 0 Å². The van der Waals surface area contributed by atoms with Gasteiger partial charge in [-0.3, -0.25) is 9.78 Å². The van der Waals surface area contributed by atoms with Crippen LogP contribution in [-0.4, -0.2) is 35.9 Å². The summed E-state index contributed by atoms with van der Waals surface area (Å²) in [5.41, 5.74) is 5.91. The molecule has 0 unspecified atom stereocenters. The first-order valence-electron chi connectivity index (χ1n) is 9.67. The van der Waals surface area contributed by atoms with E-state index in [2.05, 4.69) is 44.9 Å². The molecule has 0 saturated carbocycles. The number of hydrogen-bond acceptors (Lipinski definition) is 5. The van der Waals surface area contributed by atoms with Crippen molar-refractivity contribution in [2.24, 2.45) is 7.05 Å². The molecule has 3 aromatic heterocycles. The summed E-state index contributed by atoms with van der Waals surface area (Å²) in [6.07, 6.45) is 3.48. The van der Waals surface area contributed by atoms with Crippen LogP contribution in [0.2, 0.25) is 0 Å². The van der Waals surface area contributed by atoms with Crippen molar-refractivity contribution in [3.8, 4) is 17.1 Å². The average Bonchev–Trinajstić information content (AvgIpc) is 3.25. The molecular formula is C23H23N5OS. The number of rotatable bonds is 6. The number of aryl methyl sites for hydroxylation is 2. The van der Waals surface area contributed by atoms with E-state index in [0.29, 0.717) is 10.9 Å². The second-order valence-electron chi connectivity index (χ2n) is 7.28. The Kier molecular flexibility index (Phi) is 5.55. The Bertz CT molecular complexity index is 1210. The first kappa shape index (κ1) is 20.1. The Morgan fingerprint density at radius 3 is 2.63 bits per heavy atom. The predicted molar refractivity (Wildman–Crippen MR) is 119 cm³/mol. The summed E-state index contributed by atoms with van der Waals surface area (Å²) in [5, 5.41) is 9.21. The minimum Gasteiger partial charge on any atom is -0.318 e. The number of benzene rings is 1. The van der Waals surface area contributed by atoms with Crippen molar-refractivity contribution in [3.05, 3.63) is 77.4 Å². The molecule has 0 amide bonds. The van der Waals surface area contributed by atoms with Crippen LogP contribution in [0.25, 0.3) is 17.1 Å². The van der Waals surface area contributed by atoms with Crippen LogP contribution >= 0.6 is 11.8 Å². The van der Waals surface area contributed by atoms with Crippen molar-refractivity contribution in [1.29, 1.82) is 0 Å². The lowest BCUT2D eigenvalue weighted by atomic mass is 10.2. The van der Waals surface area contributed by atoms with Gasteiger partial charge in [-0.25, -0.2) is 0 Å². The first-order chi connectivity index (χ1) is 14.5. The Labute approximate surface area is 180 Å². The number of hydrogen-bond donors (Lipinski definition) is 0. The van der Waals surface area contributed by atoms with Gasteiger partial charge in [0.15, 0.2) is 16.8 Å². The number of pyridine rings is 1. The molecule has 0 saturated heterocycles. The Morgan fingerprint density at radius 1 is 1.07 bits per heavy atom. The molecular weight excluding hydrogens is 394 g/mol. The molecule has 0 radical (unpaired) electrons. The van der Waals surface area contributed by atoms with Gasteiger partial charge in [0.1, 0.15) is 0 Å². The zero-order valence-corrected chi connectivity index (χ0v) is 18.3. The van der Waals surface area contributed by atoms with E-state index in [4.69, 9.17) is 0 Å². The van der Waals surface area contributed by atoms with E-state index >= 15 is 0 Å². The minimum atomic E-state index is 0.0814. The first-order valence-corrected chi connectivity index (χ1v) is 10.7. The summed E-state index contributed by atoms with van der Waals surface area (Å²) in [4.78, 5) is 17.1. The van der Waals surface area contributed by atoms with E-state index in [1.807, 2.05) is 49.7 Å². The fraction of sp³-hybridized carbons (Fsp3) is 0.217. The third kappa shape index (κ3) is 3.80. The second-order valence-corrected chi connectivity index (χ2v) is 8.22. The number of thioether (sulfide) groups is 1. The summed E-state index contributed by atoms with van der Waals surface area (Å²) in [6.45, 7) is 6.10. The van der Waals surface area contributed by atoms with Gasteiger partial charge in [0.05, 0.1) is 5.75 Å². The quantitative estimate of drug-likeness (QED) is 0.340. The highest BCUT2D eigenvalue weighted by Crippen LogP contribution is 2.26. The lowest BCUT2D eigenvalue weighted by molar-refractivity contribution is 0.102. The molecule has 0 aliphatic rings. The normalized spacial score (nSPS) is 11.1. The number of nitrogens with zero attached hydrogens (tertiary/aromatic N) is 5. The van der Waals surface area contributed by atoms with Crippen molar-refractivity contribution >= 4 is 17.5 Å². The van der Waals surface area contributed by atoms with Gasteiger partial charge >= 0.3 is 0 Å². The largest absolute Gasteiger partial charge is 0.318 e. The molecule has 6 nitrogen and oxygen atoms in total. The van der Waals surface area contributed by atoms with Gasteiger partial charge in [-0.2, -0.15) is 0 Å². The fourth-order valence-corrected chi connectivity index (χ4v) is 4.40. The van der Waals surface area contributed by atoms with Gasteiger partial charge in [0, 0.05) is 47.6 Å². The third-order valence-electron chi connectivity index (χ3n) is 5.08. The smallest absolute Gasteiger partial charge is 0.191 e. The van der Waals surface area contributed by atoms with Gasteiger partial charge in [-0.1, -0.05) is 23.9 Å². The molecule has 0 aliphatic heterocycles. The van der Waals surface area contributed by atoms with Crippen LogP contribution in [0.3, 0.4) is 0 Å². The Balaban J connectivity index is 1.53. The van der Waals surface area contributed by atoms with Crippen LogP contribution in [0, 0.1) is 20.8 Å². The zero-order valence-electron chi connectivity index (χ0n) is 17.5. The molecule has 30 heavy (non-hydrogen) atoms. The summed E-state index contributed by atoms with van der Waals surface area (Å²) in [5.74, 6) is 1.12. The summed E-state index contributed by atoms with van der Waals surface area (Å²) < 4.78 is 4.03. The Hall–Kier alpha value is -3.19. The zero-order chi connectivity index (χ0) is 21.3. The van der Waals surface area contributed by atoms with Crippen molar-refractivity contribution in [1.82, 2.24) is 24.3 Å². The van der Waals surface area contributed by atoms with Crippen molar-refractivity contribution in [2.75, 3.05) is 5.75 Å². The van der Waals surface area contributed by atoms with Crippen LogP contribution in [0.4, 0.5) is 0 Å². The van der Waals surface area contributed by atoms with Gasteiger partial charge in [0.2, 0.25) is 0 Å². The van der Waals surface area contributed by atoms with Crippen molar-refractivity contribution in [3.63, 3.8) is 0 Å². The number of Topliss-reactive ketones (excluding diaryl/α,β-unsaturated/α-hetero) is 1.